The molecular formula is C19H18ClN3O2. The summed E-state index contributed by atoms with van der Waals surface area (Å²) in [6.45, 7) is 1.80. The van der Waals surface area contributed by atoms with Gasteiger partial charge in [-0.2, -0.15) is 0 Å². The third-order valence-electron chi connectivity index (χ3n) is 4.44. The zero-order chi connectivity index (χ0) is 17.2. The van der Waals surface area contributed by atoms with Crippen molar-refractivity contribution in [2.45, 2.75) is 18.9 Å². The number of carbonyl (C=O) groups excluding carboxylic acids is 1. The summed E-state index contributed by atoms with van der Waals surface area (Å²) in [6.07, 6.45) is 3.63. The predicted octanol–water partition coefficient (Wildman–Crippen LogP) is 3.63. The zero-order valence-electron chi connectivity index (χ0n) is 13.6. The quantitative estimate of drug-likeness (QED) is 0.752. The van der Waals surface area contributed by atoms with Crippen molar-refractivity contribution in [3.63, 3.8) is 0 Å². The number of hydrogen-bond acceptors (Lipinski definition) is 4. The Balaban J connectivity index is 1.78. The maximum absolute atomic E-state index is 12.9. The largest absolute Gasteiger partial charge is 0.463 e. The van der Waals surface area contributed by atoms with Crippen LogP contribution < -0.4 is 10.6 Å². The maximum atomic E-state index is 12.9. The lowest BCUT2D eigenvalue weighted by molar-refractivity contribution is 0.0932. The molecular weight excluding hydrogens is 338 g/mol. The fraction of sp³-hybridized carbons (Fsp3) is 0.263. The lowest BCUT2D eigenvalue weighted by Crippen LogP contribution is -2.45. The summed E-state index contributed by atoms with van der Waals surface area (Å²) >= 11 is 6.32. The SMILES string of the molecule is O=C(N[C@H]1CCCNC1)c1cc(-c2ccco2)nc2c(Cl)cccc12. The van der Waals surface area contributed by atoms with E-state index in [1.165, 1.54) is 0 Å². The molecule has 25 heavy (non-hydrogen) atoms. The Morgan fingerprint density at radius 3 is 3.00 bits per heavy atom. The number of halogens is 1. The lowest BCUT2D eigenvalue weighted by atomic mass is 10.0. The van der Waals surface area contributed by atoms with Crippen LogP contribution in [0.2, 0.25) is 5.02 Å². The minimum atomic E-state index is -0.115. The van der Waals surface area contributed by atoms with Crippen molar-refractivity contribution in [2.75, 3.05) is 13.1 Å². The van der Waals surface area contributed by atoms with Crippen molar-refractivity contribution in [1.82, 2.24) is 15.6 Å². The van der Waals surface area contributed by atoms with Crippen LogP contribution in [0.3, 0.4) is 0 Å². The van der Waals surface area contributed by atoms with Gasteiger partial charge in [0.2, 0.25) is 0 Å². The van der Waals surface area contributed by atoms with E-state index in [0.717, 1.165) is 31.3 Å². The summed E-state index contributed by atoms with van der Waals surface area (Å²) in [4.78, 5) is 17.5. The van der Waals surface area contributed by atoms with Crippen LogP contribution in [0.5, 0.6) is 0 Å². The molecule has 1 aromatic carbocycles. The lowest BCUT2D eigenvalue weighted by Gasteiger charge is -2.24. The number of furan rings is 1. The molecule has 1 atom stereocenters. The highest BCUT2D eigenvalue weighted by Gasteiger charge is 2.20. The molecule has 0 spiro atoms. The minimum Gasteiger partial charge on any atom is -0.463 e. The number of para-hydroxylation sites is 1. The van der Waals surface area contributed by atoms with Gasteiger partial charge in [0.25, 0.3) is 5.91 Å². The molecule has 1 saturated heterocycles. The Bertz CT molecular complexity index is 902. The van der Waals surface area contributed by atoms with Gasteiger partial charge in [0.15, 0.2) is 5.76 Å². The molecule has 1 aliphatic heterocycles. The second-order valence-electron chi connectivity index (χ2n) is 6.19. The van der Waals surface area contributed by atoms with Crippen LogP contribution in [-0.2, 0) is 0 Å². The number of rotatable bonds is 3. The van der Waals surface area contributed by atoms with Gasteiger partial charge >= 0.3 is 0 Å². The van der Waals surface area contributed by atoms with Gasteiger partial charge in [-0.25, -0.2) is 4.98 Å². The van der Waals surface area contributed by atoms with Crippen LogP contribution in [-0.4, -0.2) is 30.0 Å². The van der Waals surface area contributed by atoms with Crippen LogP contribution in [0, 0.1) is 0 Å². The maximum Gasteiger partial charge on any atom is 0.252 e. The number of aromatic nitrogens is 1. The van der Waals surface area contributed by atoms with Gasteiger partial charge in [-0.3, -0.25) is 4.79 Å². The smallest absolute Gasteiger partial charge is 0.252 e. The monoisotopic (exact) mass is 355 g/mol. The van der Waals surface area contributed by atoms with Crippen LogP contribution in [0.1, 0.15) is 23.2 Å². The molecule has 4 rings (SSSR count). The molecule has 2 aromatic heterocycles. The van der Waals surface area contributed by atoms with Crippen LogP contribution in [0.4, 0.5) is 0 Å². The number of benzene rings is 1. The van der Waals surface area contributed by atoms with E-state index in [0.29, 0.717) is 27.6 Å². The summed E-state index contributed by atoms with van der Waals surface area (Å²) in [5, 5.41) is 7.68. The second kappa shape index (κ2) is 6.86. The third-order valence-corrected chi connectivity index (χ3v) is 4.75. The summed E-state index contributed by atoms with van der Waals surface area (Å²) in [5.74, 6) is 0.492. The Hall–Kier alpha value is -2.37. The van der Waals surface area contributed by atoms with E-state index in [2.05, 4.69) is 15.6 Å². The first-order valence-corrected chi connectivity index (χ1v) is 8.75. The fourth-order valence-electron chi connectivity index (χ4n) is 3.19. The average Bonchev–Trinajstić information content (AvgIpc) is 3.17. The molecule has 3 aromatic rings. The Morgan fingerprint density at radius 2 is 2.24 bits per heavy atom. The molecule has 128 valence electrons. The number of amides is 1. The molecule has 1 fully saturated rings. The molecule has 0 radical (unpaired) electrons. The molecule has 3 heterocycles. The number of carbonyl (C=O) groups is 1. The Morgan fingerprint density at radius 1 is 1.32 bits per heavy atom. The highest BCUT2D eigenvalue weighted by atomic mass is 35.5. The van der Waals surface area contributed by atoms with Gasteiger partial charge < -0.3 is 15.1 Å². The molecule has 5 nitrogen and oxygen atoms in total. The number of piperidine rings is 1. The van der Waals surface area contributed by atoms with Crippen LogP contribution in [0.15, 0.2) is 47.1 Å². The molecule has 0 unspecified atom stereocenters. The molecule has 0 bridgehead atoms. The van der Waals surface area contributed by atoms with Gasteiger partial charge in [0.1, 0.15) is 5.69 Å². The van der Waals surface area contributed by atoms with E-state index in [1.807, 2.05) is 18.2 Å². The number of nitrogens with zero attached hydrogens (tertiary/aromatic N) is 1. The van der Waals surface area contributed by atoms with Gasteiger partial charge in [0, 0.05) is 18.0 Å². The van der Waals surface area contributed by atoms with Crippen molar-refractivity contribution in [1.29, 1.82) is 0 Å². The second-order valence-corrected chi connectivity index (χ2v) is 6.59. The first kappa shape index (κ1) is 16.1. The van der Waals surface area contributed by atoms with Crippen molar-refractivity contribution < 1.29 is 9.21 Å². The summed E-state index contributed by atoms with van der Waals surface area (Å²) < 4.78 is 5.45. The molecule has 0 saturated carbocycles. The highest BCUT2D eigenvalue weighted by molar-refractivity contribution is 6.35. The highest BCUT2D eigenvalue weighted by Crippen LogP contribution is 2.29. The van der Waals surface area contributed by atoms with Crippen molar-refractivity contribution in [3.8, 4) is 11.5 Å². The normalized spacial score (nSPS) is 17.6. The van der Waals surface area contributed by atoms with Crippen molar-refractivity contribution >= 4 is 28.4 Å². The molecule has 1 aliphatic rings. The summed E-state index contributed by atoms with van der Waals surface area (Å²) in [6, 6.07) is 11.0. The number of fused-ring (bicyclic) bond motifs is 1. The third kappa shape index (κ3) is 3.25. The molecule has 0 aliphatic carbocycles. The fourth-order valence-corrected chi connectivity index (χ4v) is 3.41. The van der Waals surface area contributed by atoms with Gasteiger partial charge in [-0.1, -0.05) is 23.7 Å². The molecule has 1 amide bonds. The van der Waals surface area contributed by atoms with E-state index in [-0.39, 0.29) is 11.9 Å². The number of pyridine rings is 1. The minimum absolute atomic E-state index is 0.115. The van der Waals surface area contributed by atoms with Crippen LogP contribution in [0.25, 0.3) is 22.4 Å². The van der Waals surface area contributed by atoms with Crippen LogP contribution >= 0.6 is 11.6 Å². The standard InChI is InChI=1S/C19H18ClN3O2/c20-15-6-1-5-13-14(19(24)22-12-4-2-8-21-11-12)10-16(23-18(13)15)17-7-3-9-25-17/h1,3,5-7,9-10,12,21H,2,4,8,11H2,(H,22,24)/t12-/m0/s1. The molecule has 6 heteroatoms. The number of nitrogens with one attached hydrogen (secondary N) is 2. The average molecular weight is 356 g/mol. The zero-order valence-corrected chi connectivity index (χ0v) is 14.3. The Labute approximate surface area is 150 Å². The Kier molecular flexibility index (Phi) is 4.42. The van der Waals surface area contributed by atoms with E-state index in [4.69, 9.17) is 16.0 Å². The van der Waals surface area contributed by atoms with Crippen molar-refractivity contribution in [3.05, 3.63) is 53.2 Å². The van der Waals surface area contributed by atoms with E-state index < -0.39 is 0 Å². The van der Waals surface area contributed by atoms with Gasteiger partial charge in [-0.15, -0.1) is 0 Å². The number of hydrogen-bond donors (Lipinski definition) is 2. The van der Waals surface area contributed by atoms with Crippen molar-refractivity contribution in [2.24, 2.45) is 0 Å². The molecule has 2 N–H and O–H groups in total. The van der Waals surface area contributed by atoms with E-state index in [1.54, 1.807) is 24.5 Å². The van der Waals surface area contributed by atoms with E-state index >= 15 is 0 Å². The first-order chi connectivity index (χ1) is 12.2. The topological polar surface area (TPSA) is 67.2 Å². The summed E-state index contributed by atoms with van der Waals surface area (Å²) in [7, 11) is 0. The summed E-state index contributed by atoms with van der Waals surface area (Å²) in [5.41, 5.74) is 1.76. The first-order valence-electron chi connectivity index (χ1n) is 8.37. The van der Waals surface area contributed by atoms with E-state index in [9.17, 15) is 4.79 Å². The predicted molar refractivity (Wildman–Crippen MR) is 97.8 cm³/mol. The van der Waals surface area contributed by atoms with Gasteiger partial charge in [0.05, 0.1) is 22.4 Å². The van der Waals surface area contributed by atoms with Gasteiger partial charge in [-0.05, 0) is 43.7 Å².